The number of carbonyl (C=O) groups excluding carboxylic acids is 4. The molecule has 0 aliphatic rings. The van der Waals surface area contributed by atoms with Crippen molar-refractivity contribution in [3.8, 4) is 0 Å². The number of Topliss-reactive ketones (excluding diaryl/α,β-unsaturated/α-hetero) is 2. The van der Waals surface area contributed by atoms with Crippen molar-refractivity contribution in [2.24, 2.45) is 0 Å². The zero-order valence-corrected chi connectivity index (χ0v) is 7.58. The van der Waals surface area contributed by atoms with Crippen LogP contribution in [0.3, 0.4) is 0 Å². The van der Waals surface area contributed by atoms with Gasteiger partial charge < -0.3 is 0 Å². The van der Waals surface area contributed by atoms with Crippen molar-refractivity contribution in [3.05, 3.63) is 0 Å². The molecule has 0 aromatic heterocycles. The van der Waals surface area contributed by atoms with Crippen LogP contribution in [-0.2, 0) is 24.3 Å². The molecule has 0 heterocycles. The van der Waals surface area contributed by atoms with Gasteiger partial charge in [-0.05, 0) is 12.8 Å². The van der Waals surface area contributed by atoms with Gasteiger partial charge in [-0.25, -0.2) is 9.90 Å². The summed E-state index contributed by atoms with van der Waals surface area (Å²) < 4.78 is 0. The first kappa shape index (κ1) is 12.5. The lowest BCUT2D eigenvalue weighted by molar-refractivity contribution is -0.143. The van der Waals surface area contributed by atoms with E-state index in [9.17, 15) is 24.3 Å². The molecule has 0 spiro atoms. The van der Waals surface area contributed by atoms with Gasteiger partial charge in [0.15, 0.2) is 5.78 Å². The molecular weight excluding hydrogens is 188 g/mol. The van der Waals surface area contributed by atoms with Crippen LogP contribution in [-0.4, -0.2) is 23.8 Å². The Morgan fingerprint density at radius 2 is 1.50 bits per heavy atom. The third-order valence-corrected chi connectivity index (χ3v) is 1.58. The molecule has 5 heteroatoms. The number of ketones is 2. The van der Waals surface area contributed by atoms with Gasteiger partial charge in [0.2, 0.25) is 12.1 Å². The van der Waals surface area contributed by atoms with Crippen LogP contribution in [0.5, 0.6) is 0 Å². The largest absolute Gasteiger partial charge is 0.355 e. The van der Waals surface area contributed by atoms with Crippen molar-refractivity contribution in [3.63, 3.8) is 0 Å². The molecule has 0 aromatic carbocycles. The third kappa shape index (κ3) is 6.05. The topological polar surface area (TPSA) is 88.2 Å². The molecule has 0 saturated heterocycles. The molecule has 0 saturated carbocycles. The molecule has 0 amide bonds. The molecule has 0 fully saturated rings. The van der Waals surface area contributed by atoms with Gasteiger partial charge in [-0.2, -0.15) is 0 Å². The second kappa shape index (κ2) is 6.94. The molecule has 14 heavy (non-hydrogen) atoms. The summed E-state index contributed by atoms with van der Waals surface area (Å²) in [5, 5.41) is 9.97. The molecule has 5 nitrogen and oxygen atoms in total. The molecule has 0 aliphatic heterocycles. The Balaban J connectivity index is 3.58. The number of rotatable bonds is 8. The lowest BCUT2D eigenvalue weighted by Gasteiger charge is -1.95. The van der Waals surface area contributed by atoms with E-state index in [2.05, 4.69) is 0 Å². The van der Waals surface area contributed by atoms with E-state index in [1.807, 2.05) is 0 Å². The first-order valence-corrected chi connectivity index (χ1v) is 4.18. The SMILES string of the molecule is [O]C(=O)CCCCC(=O)C(=O)C[C]=O. The van der Waals surface area contributed by atoms with Crippen LogP contribution in [0.15, 0.2) is 0 Å². The van der Waals surface area contributed by atoms with E-state index in [4.69, 9.17) is 0 Å². The minimum Gasteiger partial charge on any atom is -0.291 e. The first-order valence-electron chi connectivity index (χ1n) is 4.18. The van der Waals surface area contributed by atoms with Crippen LogP contribution < -0.4 is 0 Å². The highest BCUT2D eigenvalue weighted by atomic mass is 16.4. The number of hydrogen-bond acceptors (Lipinski definition) is 4. The maximum Gasteiger partial charge on any atom is 0.355 e. The fourth-order valence-electron chi connectivity index (χ4n) is 0.858. The molecule has 76 valence electrons. The highest BCUT2D eigenvalue weighted by Crippen LogP contribution is 2.01. The maximum atomic E-state index is 10.9. The summed E-state index contributed by atoms with van der Waals surface area (Å²) >= 11 is 0. The molecule has 0 bridgehead atoms. The van der Waals surface area contributed by atoms with Crippen LogP contribution in [0.1, 0.15) is 32.1 Å². The standard InChI is InChI=1S/C9H10O5/c10-6-5-8(12)7(11)3-1-2-4-9(13)14/h1-5H2. The van der Waals surface area contributed by atoms with Crippen molar-refractivity contribution < 1.29 is 24.3 Å². The molecular formula is C9H10O5. The smallest absolute Gasteiger partial charge is 0.291 e. The lowest BCUT2D eigenvalue weighted by Crippen LogP contribution is -2.13. The fraction of sp³-hybridized carbons (Fsp3) is 0.556. The number of carbonyl (C=O) groups is 3. The van der Waals surface area contributed by atoms with E-state index in [1.165, 1.54) is 6.29 Å². The predicted molar refractivity (Wildman–Crippen MR) is 44.5 cm³/mol. The molecule has 0 rings (SSSR count). The van der Waals surface area contributed by atoms with Crippen LogP contribution in [0.25, 0.3) is 0 Å². The average Bonchev–Trinajstić information content (AvgIpc) is 2.12. The van der Waals surface area contributed by atoms with Gasteiger partial charge in [0.25, 0.3) is 0 Å². The zero-order chi connectivity index (χ0) is 11.0. The van der Waals surface area contributed by atoms with Gasteiger partial charge in [-0.15, -0.1) is 0 Å². The van der Waals surface area contributed by atoms with Crippen molar-refractivity contribution in [1.29, 1.82) is 0 Å². The Morgan fingerprint density at radius 3 is 2.00 bits per heavy atom. The number of hydrogen-bond donors (Lipinski definition) is 0. The van der Waals surface area contributed by atoms with Gasteiger partial charge >= 0.3 is 5.97 Å². The molecule has 0 aromatic rings. The van der Waals surface area contributed by atoms with E-state index in [1.54, 1.807) is 0 Å². The van der Waals surface area contributed by atoms with E-state index in [0.717, 1.165) is 0 Å². The predicted octanol–water partition coefficient (Wildman–Crippen LogP) is 0.142. The van der Waals surface area contributed by atoms with E-state index in [0.29, 0.717) is 12.8 Å². The van der Waals surface area contributed by atoms with Crippen LogP contribution in [0.4, 0.5) is 0 Å². The average molecular weight is 198 g/mol. The highest BCUT2D eigenvalue weighted by Gasteiger charge is 2.12. The van der Waals surface area contributed by atoms with Crippen molar-refractivity contribution in [1.82, 2.24) is 0 Å². The normalized spacial score (nSPS) is 9.43. The summed E-state index contributed by atoms with van der Waals surface area (Å²) in [5.41, 5.74) is 0. The van der Waals surface area contributed by atoms with Crippen molar-refractivity contribution >= 4 is 23.8 Å². The second-order valence-electron chi connectivity index (χ2n) is 2.75. The third-order valence-electron chi connectivity index (χ3n) is 1.58. The van der Waals surface area contributed by atoms with Crippen LogP contribution >= 0.6 is 0 Å². The Kier molecular flexibility index (Phi) is 6.19. The van der Waals surface area contributed by atoms with E-state index < -0.39 is 24.0 Å². The fourth-order valence-corrected chi connectivity index (χ4v) is 0.858. The molecule has 2 radical (unpaired) electrons. The Bertz CT molecular complexity index is 244. The summed E-state index contributed by atoms with van der Waals surface area (Å²) in [6.45, 7) is 0. The van der Waals surface area contributed by atoms with Crippen LogP contribution in [0, 0.1) is 0 Å². The van der Waals surface area contributed by atoms with Gasteiger partial charge in [0.1, 0.15) is 0 Å². The zero-order valence-electron chi connectivity index (χ0n) is 7.58. The quantitative estimate of drug-likeness (QED) is 0.315. The Labute approximate surface area is 81.1 Å². The summed E-state index contributed by atoms with van der Waals surface area (Å²) in [7, 11) is 0. The minimum atomic E-state index is -1.18. The monoisotopic (exact) mass is 198 g/mol. The van der Waals surface area contributed by atoms with E-state index >= 15 is 0 Å². The summed E-state index contributed by atoms with van der Waals surface area (Å²) in [6, 6.07) is 0. The summed E-state index contributed by atoms with van der Waals surface area (Å²) in [4.78, 5) is 41.3. The Morgan fingerprint density at radius 1 is 0.929 bits per heavy atom. The maximum absolute atomic E-state index is 10.9. The molecule has 0 aliphatic carbocycles. The lowest BCUT2D eigenvalue weighted by atomic mass is 10.1. The van der Waals surface area contributed by atoms with Gasteiger partial charge in [0.05, 0.1) is 12.8 Å². The molecule has 0 atom stereocenters. The second-order valence-corrected chi connectivity index (χ2v) is 2.75. The first-order chi connectivity index (χ1) is 6.57. The van der Waals surface area contributed by atoms with Gasteiger partial charge in [0, 0.05) is 6.42 Å². The van der Waals surface area contributed by atoms with Crippen molar-refractivity contribution in [2.45, 2.75) is 32.1 Å². The van der Waals surface area contributed by atoms with Crippen LogP contribution in [0.2, 0.25) is 0 Å². The van der Waals surface area contributed by atoms with Gasteiger partial charge in [-0.1, -0.05) is 0 Å². The van der Waals surface area contributed by atoms with Gasteiger partial charge in [-0.3, -0.25) is 14.4 Å². The molecule has 0 N–H and O–H groups in total. The Hall–Kier alpha value is -1.52. The minimum absolute atomic E-state index is 0.0200. The summed E-state index contributed by atoms with van der Waals surface area (Å²) in [5.74, 6) is -2.59. The van der Waals surface area contributed by atoms with Crippen molar-refractivity contribution in [2.75, 3.05) is 0 Å². The van der Waals surface area contributed by atoms with E-state index in [-0.39, 0.29) is 12.8 Å². The number of unbranched alkanes of at least 4 members (excludes halogenated alkanes) is 1. The highest BCUT2D eigenvalue weighted by molar-refractivity contribution is 6.39. The summed E-state index contributed by atoms with van der Waals surface area (Å²) in [6.07, 6.45) is 1.29. The molecule has 0 unspecified atom stereocenters.